The maximum Gasteiger partial charge on any atom is 0.227 e. The van der Waals surface area contributed by atoms with Gasteiger partial charge in [0.25, 0.3) is 0 Å². The third kappa shape index (κ3) is 4.09. The van der Waals surface area contributed by atoms with E-state index >= 15 is 0 Å². The van der Waals surface area contributed by atoms with Crippen molar-refractivity contribution < 1.29 is 4.79 Å². The lowest BCUT2D eigenvalue weighted by Gasteiger charge is -2.36. The molecule has 0 bridgehead atoms. The van der Waals surface area contributed by atoms with Crippen LogP contribution in [0.25, 0.3) is 10.9 Å². The molecule has 3 aromatic rings. The summed E-state index contributed by atoms with van der Waals surface area (Å²) in [4.78, 5) is 28.9. The molecule has 2 aromatic heterocycles. The Bertz CT molecular complexity index is 1060. The molecule has 2 aliphatic heterocycles. The van der Waals surface area contributed by atoms with Crippen LogP contribution >= 0.6 is 0 Å². The fourth-order valence-electron chi connectivity index (χ4n) is 4.79. The van der Waals surface area contributed by atoms with E-state index in [1.165, 1.54) is 30.2 Å². The Balaban J connectivity index is 1.22. The van der Waals surface area contributed by atoms with Crippen molar-refractivity contribution in [1.82, 2.24) is 19.4 Å². The van der Waals surface area contributed by atoms with Gasteiger partial charge < -0.3 is 19.3 Å². The van der Waals surface area contributed by atoms with E-state index in [-0.39, 0.29) is 5.91 Å². The molecule has 162 valence electrons. The van der Waals surface area contributed by atoms with Gasteiger partial charge in [0.1, 0.15) is 5.82 Å². The fourth-order valence-corrected chi connectivity index (χ4v) is 4.79. The zero-order valence-corrected chi connectivity index (χ0v) is 18.2. The second-order valence-electron chi connectivity index (χ2n) is 8.59. The van der Waals surface area contributed by atoms with Crippen molar-refractivity contribution in [3.05, 3.63) is 48.3 Å². The second kappa shape index (κ2) is 8.57. The molecule has 1 amide bonds. The number of fused-ring (bicyclic) bond motifs is 1. The molecule has 0 aliphatic carbocycles. The molecule has 0 spiro atoms. The number of amides is 1. The van der Waals surface area contributed by atoms with Crippen LogP contribution < -0.4 is 9.80 Å². The van der Waals surface area contributed by atoms with Gasteiger partial charge in [-0.2, -0.15) is 4.98 Å². The van der Waals surface area contributed by atoms with E-state index in [1.54, 1.807) is 0 Å². The van der Waals surface area contributed by atoms with Gasteiger partial charge in [0.2, 0.25) is 11.9 Å². The van der Waals surface area contributed by atoms with Crippen molar-refractivity contribution in [3.63, 3.8) is 0 Å². The number of aromatic nitrogens is 3. The molecule has 0 radical (unpaired) electrons. The maximum atomic E-state index is 13.0. The number of piperidine rings is 1. The number of aryl methyl sites for hydroxylation is 1. The highest BCUT2D eigenvalue weighted by Crippen LogP contribution is 2.23. The Kier molecular flexibility index (Phi) is 5.49. The predicted octanol–water partition coefficient (Wildman–Crippen LogP) is 2.85. The SMILES string of the molecule is Cn1cc(CC(=O)N2CCN(c3ccnc(N4CCCCC4)n3)CC2)c2ccccc21. The van der Waals surface area contributed by atoms with Crippen molar-refractivity contribution in [2.24, 2.45) is 7.05 Å². The summed E-state index contributed by atoms with van der Waals surface area (Å²) in [6.45, 7) is 5.15. The van der Waals surface area contributed by atoms with Crippen LogP contribution in [0.2, 0.25) is 0 Å². The van der Waals surface area contributed by atoms with Crippen LogP contribution in [0.4, 0.5) is 11.8 Å². The largest absolute Gasteiger partial charge is 0.353 e. The standard InChI is InChI=1S/C24H30N6O/c1-27-18-19(20-7-3-4-8-21(20)27)17-23(31)29-15-13-28(14-16-29)22-9-10-25-24(26-22)30-11-5-2-6-12-30/h3-4,7-10,18H,2,5-6,11-17H2,1H3. The Hall–Kier alpha value is -3.09. The third-order valence-electron chi connectivity index (χ3n) is 6.54. The van der Waals surface area contributed by atoms with Gasteiger partial charge in [-0.05, 0) is 37.0 Å². The van der Waals surface area contributed by atoms with Crippen molar-refractivity contribution in [1.29, 1.82) is 0 Å². The number of anilines is 2. The van der Waals surface area contributed by atoms with Crippen molar-refractivity contribution >= 4 is 28.6 Å². The van der Waals surface area contributed by atoms with Crippen LogP contribution in [0.15, 0.2) is 42.7 Å². The molecule has 4 heterocycles. The Morgan fingerprint density at radius 2 is 1.71 bits per heavy atom. The van der Waals surface area contributed by atoms with Crippen LogP contribution in [-0.2, 0) is 18.3 Å². The fraction of sp³-hybridized carbons (Fsp3) is 0.458. The van der Waals surface area contributed by atoms with E-state index in [1.807, 2.05) is 36.3 Å². The number of hydrogen-bond acceptors (Lipinski definition) is 5. The molecule has 7 heteroatoms. The zero-order chi connectivity index (χ0) is 21.2. The van der Waals surface area contributed by atoms with Crippen LogP contribution in [0.1, 0.15) is 24.8 Å². The van der Waals surface area contributed by atoms with E-state index in [0.717, 1.165) is 56.6 Å². The summed E-state index contributed by atoms with van der Waals surface area (Å²) >= 11 is 0. The number of rotatable bonds is 4. The van der Waals surface area contributed by atoms with E-state index in [0.29, 0.717) is 6.42 Å². The number of piperazine rings is 1. The number of carbonyl (C=O) groups is 1. The van der Waals surface area contributed by atoms with E-state index in [2.05, 4.69) is 37.7 Å². The summed E-state index contributed by atoms with van der Waals surface area (Å²) < 4.78 is 2.10. The second-order valence-corrected chi connectivity index (χ2v) is 8.59. The lowest BCUT2D eigenvalue weighted by Crippen LogP contribution is -2.49. The normalized spacial score (nSPS) is 17.4. The minimum Gasteiger partial charge on any atom is -0.353 e. The van der Waals surface area contributed by atoms with Crippen LogP contribution in [0, 0.1) is 0 Å². The van der Waals surface area contributed by atoms with E-state index in [9.17, 15) is 4.79 Å². The lowest BCUT2D eigenvalue weighted by molar-refractivity contribution is -0.130. The average Bonchev–Trinajstić information content (AvgIpc) is 3.15. The van der Waals surface area contributed by atoms with Gasteiger partial charge in [-0.3, -0.25) is 4.79 Å². The molecule has 0 saturated carbocycles. The first-order valence-corrected chi connectivity index (χ1v) is 11.3. The van der Waals surface area contributed by atoms with Gasteiger partial charge in [-0.15, -0.1) is 0 Å². The van der Waals surface area contributed by atoms with Crippen molar-refractivity contribution in [3.8, 4) is 0 Å². The van der Waals surface area contributed by atoms with Gasteiger partial charge in [0.05, 0.1) is 6.42 Å². The van der Waals surface area contributed by atoms with Crippen molar-refractivity contribution in [2.45, 2.75) is 25.7 Å². The summed E-state index contributed by atoms with van der Waals surface area (Å²) in [6, 6.07) is 10.3. The quantitative estimate of drug-likeness (QED) is 0.652. The van der Waals surface area contributed by atoms with Crippen molar-refractivity contribution in [2.75, 3.05) is 49.1 Å². The summed E-state index contributed by atoms with van der Waals surface area (Å²) in [5.74, 6) is 2.01. The number of para-hydroxylation sites is 1. The molecule has 1 aromatic carbocycles. The molecule has 0 atom stereocenters. The molecule has 2 aliphatic rings. The summed E-state index contributed by atoms with van der Waals surface area (Å²) in [6.07, 6.45) is 8.13. The van der Waals surface area contributed by atoms with E-state index in [4.69, 9.17) is 4.98 Å². The molecular weight excluding hydrogens is 388 g/mol. The Morgan fingerprint density at radius 1 is 0.935 bits per heavy atom. The number of benzene rings is 1. The first-order chi connectivity index (χ1) is 15.2. The molecule has 5 rings (SSSR count). The van der Waals surface area contributed by atoms with Gasteiger partial charge in [-0.1, -0.05) is 18.2 Å². The highest BCUT2D eigenvalue weighted by atomic mass is 16.2. The minimum absolute atomic E-state index is 0.202. The zero-order valence-electron chi connectivity index (χ0n) is 18.2. The number of hydrogen-bond donors (Lipinski definition) is 0. The lowest BCUT2D eigenvalue weighted by atomic mass is 10.1. The summed E-state index contributed by atoms with van der Waals surface area (Å²) in [7, 11) is 2.04. The van der Waals surface area contributed by atoms with Crippen LogP contribution in [0.3, 0.4) is 0 Å². The first kappa shape index (κ1) is 19.8. The third-order valence-corrected chi connectivity index (χ3v) is 6.54. The maximum absolute atomic E-state index is 13.0. The van der Waals surface area contributed by atoms with Crippen LogP contribution in [-0.4, -0.2) is 64.6 Å². The molecule has 2 saturated heterocycles. The summed E-state index contributed by atoms with van der Waals surface area (Å²) in [5.41, 5.74) is 2.27. The molecule has 2 fully saturated rings. The topological polar surface area (TPSA) is 57.5 Å². The number of nitrogens with zero attached hydrogens (tertiary/aromatic N) is 6. The highest BCUT2D eigenvalue weighted by molar-refractivity contribution is 5.89. The molecule has 31 heavy (non-hydrogen) atoms. The van der Waals surface area contributed by atoms with Gasteiger partial charge >= 0.3 is 0 Å². The van der Waals surface area contributed by atoms with E-state index < -0.39 is 0 Å². The average molecular weight is 419 g/mol. The van der Waals surface area contributed by atoms with Gasteiger partial charge in [0.15, 0.2) is 0 Å². The number of carbonyl (C=O) groups excluding carboxylic acids is 1. The van der Waals surface area contributed by atoms with Gasteiger partial charge in [-0.25, -0.2) is 4.98 Å². The van der Waals surface area contributed by atoms with Gasteiger partial charge in [0, 0.05) is 69.6 Å². The molecule has 0 N–H and O–H groups in total. The monoisotopic (exact) mass is 418 g/mol. The Morgan fingerprint density at radius 3 is 2.52 bits per heavy atom. The molecule has 0 unspecified atom stereocenters. The molecule has 7 nitrogen and oxygen atoms in total. The predicted molar refractivity (Wildman–Crippen MR) is 124 cm³/mol. The first-order valence-electron chi connectivity index (χ1n) is 11.3. The van der Waals surface area contributed by atoms with Crippen LogP contribution in [0.5, 0.6) is 0 Å². The minimum atomic E-state index is 0.202. The smallest absolute Gasteiger partial charge is 0.227 e. The molecular formula is C24H30N6O. The highest BCUT2D eigenvalue weighted by Gasteiger charge is 2.24. The summed E-state index contributed by atoms with van der Waals surface area (Å²) in [5, 5.41) is 1.17. The Labute approximate surface area is 183 Å².